The quantitative estimate of drug-likeness (QED) is 0.901. The van der Waals surface area contributed by atoms with Crippen molar-refractivity contribution in [2.24, 2.45) is 0 Å². The van der Waals surface area contributed by atoms with Crippen molar-refractivity contribution in [1.82, 2.24) is 5.32 Å². The summed E-state index contributed by atoms with van der Waals surface area (Å²) in [6, 6.07) is 10.6. The van der Waals surface area contributed by atoms with E-state index in [4.69, 9.17) is 4.74 Å². The van der Waals surface area contributed by atoms with Crippen LogP contribution in [0.25, 0.3) is 0 Å². The summed E-state index contributed by atoms with van der Waals surface area (Å²) in [5, 5.41) is 3.02. The first-order valence-electron chi connectivity index (χ1n) is 6.42. The Morgan fingerprint density at radius 1 is 1.15 bits per heavy atom. The van der Waals surface area contributed by atoms with E-state index in [1.54, 1.807) is 38.2 Å². The van der Waals surface area contributed by atoms with Crippen LogP contribution in [0.2, 0.25) is 0 Å². The summed E-state index contributed by atoms with van der Waals surface area (Å²) in [4.78, 5) is 0. The van der Waals surface area contributed by atoms with Gasteiger partial charge in [0.2, 0.25) is 0 Å². The van der Waals surface area contributed by atoms with Crippen molar-refractivity contribution in [2.75, 3.05) is 13.7 Å². The fourth-order valence-corrected chi connectivity index (χ4v) is 2.03. The monoisotopic (exact) mass is 277 g/mol. The molecule has 0 saturated carbocycles. The molecule has 0 radical (unpaired) electrons. The Labute approximate surface area is 117 Å². The molecule has 2 nitrogen and oxygen atoms in total. The van der Waals surface area contributed by atoms with E-state index in [1.165, 1.54) is 18.2 Å². The van der Waals surface area contributed by atoms with Crippen LogP contribution >= 0.6 is 0 Å². The molecule has 106 valence electrons. The minimum absolute atomic E-state index is 0.263. The zero-order chi connectivity index (χ0) is 14.5. The molecule has 0 aromatic heterocycles. The van der Waals surface area contributed by atoms with Gasteiger partial charge in [-0.1, -0.05) is 18.2 Å². The average Bonchev–Trinajstić information content (AvgIpc) is 2.43. The van der Waals surface area contributed by atoms with E-state index in [-0.39, 0.29) is 24.3 Å². The fraction of sp³-hybridized carbons (Fsp3) is 0.250. The lowest BCUT2D eigenvalue weighted by Crippen LogP contribution is -2.24. The molecule has 2 rings (SSSR count). The summed E-state index contributed by atoms with van der Waals surface area (Å²) in [6.45, 7) is 2.04. The van der Waals surface area contributed by atoms with Crippen LogP contribution < -0.4 is 10.1 Å². The van der Waals surface area contributed by atoms with Gasteiger partial charge in [-0.25, -0.2) is 8.78 Å². The average molecular weight is 277 g/mol. The molecule has 2 aromatic carbocycles. The number of aryl methyl sites for hydroxylation is 1. The minimum Gasteiger partial charge on any atom is -0.491 e. The highest BCUT2D eigenvalue weighted by Gasteiger charge is 2.14. The third kappa shape index (κ3) is 3.33. The van der Waals surface area contributed by atoms with E-state index in [0.717, 1.165) is 0 Å². The van der Waals surface area contributed by atoms with Gasteiger partial charge in [0.05, 0.1) is 6.04 Å². The predicted octanol–water partition coefficient (Wildman–Crippen LogP) is 3.61. The van der Waals surface area contributed by atoms with Crippen molar-refractivity contribution in [3.05, 3.63) is 65.2 Å². The third-order valence-electron chi connectivity index (χ3n) is 3.17. The van der Waals surface area contributed by atoms with Crippen LogP contribution in [0.3, 0.4) is 0 Å². The zero-order valence-corrected chi connectivity index (χ0v) is 11.5. The standard InChI is InChI=1S/C16H17F2NO/c1-11-9-12(17)7-8-16(11)20-10-15(19-2)13-5-3-4-6-14(13)18/h3-9,15,19H,10H2,1-2H3. The zero-order valence-electron chi connectivity index (χ0n) is 11.5. The second-order valence-corrected chi connectivity index (χ2v) is 4.58. The Morgan fingerprint density at radius 3 is 2.55 bits per heavy atom. The molecule has 0 heterocycles. The van der Waals surface area contributed by atoms with Gasteiger partial charge < -0.3 is 10.1 Å². The van der Waals surface area contributed by atoms with E-state index in [2.05, 4.69) is 5.32 Å². The van der Waals surface area contributed by atoms with Gasteiger partial charge in [0.15, 0.2) is 0 Å². The van der Waals surface area contributed by atoms with Crippen molar-refractivity contribution in [3.63, 3.8) is 0 Å². The number of halogens is 2. The lowest BCUT2D eigenvalue weighted by Gasteiger charge is -2.19. The van der Waals surface area contributed by atoms with Crippen LogP contribution in [0, 0.1) is 18.6 Å². The highest BCUT2D eigenvalue weighted by Crippen LogP contribution is 2.22. The molecule has 0 aliphatic carbocycles. The molecule has 20 heavy (non-hydrogen) atoms. The molecule has 1 atom stereocenters. The Hall–Kier alpha value is -1.94. The van der Waals surface area contributed by atoms with Crippen LogP contribution in [0.4, 0.5) is 8.78 Å². The van der Waals surface area contributed by atoms with Gasteiger partial charge in [-0.05, 0) is 43.8 Å². The van der Waals surface area contributed by atoms with E-state index in [9.17, 15) is 8.78 Å². The van der Waals surface area contributed by atoms with Gasteiger partial charge in [0.1, 0.15) is 24.0 Å². The first-order chi connectivity index (χ1) is 9.61. The second kappa shape index (κ2) is 6.48. The number of benzene rings is 2. The summed E-state index contributed by atoms with van der Waals surface area (Å²) in [7, 11) is 1.75. The van der Waals surface area contributed by atoms with Crippen LogP contribution in [-0.4, -0.2) is 13.7 Å². The molecule has 0 aliphatic heterocycles. The van der Waals surface area contributed by atoms with Gasteiger partial charge in [-0.15, -0.1) is 0 Å². The van der Waals surface area contributed by atoms with E-state index >= 15 is 0 Å². The van der Waals surface area contributed by atoms with Crippen molar-refractivity contribution < 1.29 is 13.5 Å². The second-order valence-electron chi connectivity index (χ2n) is 4.58. The predicted molar refractivity (Wildman–Crippen MR) is 74.8 cm³/mol. The summed E-state index contributed by atoms with van der Waals surface area (Å²) < 4.78 is 32.4. The maximum atomic E-state index is 13.7. The number of hydrogen-bond donors (Lipinski definition) is 1. The molecule has 4 heteroatoms. The number of likely N-dealkylation sites (N-methyl/N-ethyl adjacent to an activating group) is 1. The number of ether oxygens (including phenoxy) is 1. The van der Waals surface area contributed by atoms with Crippen LogP contribution in [0.5, 0.6) is 5.75 Å². The van der Waals surface area contributed by atoms with Crippen LogP contribution in [0.1, 0.15) is 17.2 Å². The van der Waals surface area contributed by atoms with Crippen molar-refractivity contribution >= 4 is 0 Å². The largest absolute Gasteiger partial charge is 0.491 e. The van der Waals surface area contributed by atoms with Crippen molar-refractivity contribution in [3.8, 4) is 5.75 Å². The van der Waals surface area contributed by atoms with Crippen molar-refractivity contribution in [2.45, 2.75) is 13.0 Å². The lowest BCUT2D eigenvalue weighted by atomic mass is 10.1. The van der Waals surface area contributed by atoms with E-state index in [1.807, 2.05) is 0 Å². The Bertz CT molecular complexity index is 586. The Balaban J connectivity index is 2.10. The summed E-state index contributed by atoms with van der Waals surface area (Å²) in [5.41, 5.74) is 1.27. The highest BCUT2D eigenvalue weighted by atomic mass is 19.1. The topological polar surface area (TPSA) is 21.3 Å². The maximum absolute atomic E-state index is 13.7. The SMILES string of the molecule is CNC(COc1ccc(F)cc1C)c1ccccc1F. The molecule has 0 fully saturated rings. The number of hydrogen-bond acceptors (Lipinski definition) is 2. The number of nitrogens with one attached hydrogen (secondary N) is 1. The first kappa shape index (κ1) is 14.5. The fourth-order valence-electron chi connectivity index (χ4n) is 2.03. The van der Waals surface area contributed by atoms with Gasteiger partial charge in [0.25, 0.3) is 0 Å². The normalized spacial score (nSPS) is 12.2. The molecule has 1 unspecified atom stereocenters. The molecular weight excluding hydrogens is 260 g/mol. The van der Waals surface area contributed by atoms with Crippen molar-refractivity contribution in [1.29, 1.82) is 0 Å². The summed E-state index contributed by atoms with van der Waals surface area (Å²) in [5.74, 6) is 0.0309. The molecule has 0 spiro atoms. The molecule has 0 amide bonds. The summed E-state index contributed by atoms with van der Waals surface area (Å²) >= 11 is 0. The van der Waals surface area contributed by atoms with Crippen LogP contribution in [0.15, 0.2) is 42.5 Å². The summed E-state index contributed by atoms with van der Waals surface area (Å²) in [6.07, 6.45) is 0. The van der Waals surface area contributed by atoms with Gasteiger partial charge in [0, 0.05) is 5.56 Å². The smallest absolute Gasteiger partial charge is 0.128 e. The van der Waals surface area contributed by atoms with Gasteiger partial charge in [-0.2, -0.15) is 0 Å². The van der Waals surface area contributed by atoms with E-state index in [0.29, 0.717) is 16.9 Å². The van der Waals surface area contributed by atoms with Crippen LogP contribution in [-0.2, 0) is 0 Å². The molecule has 1 N–H and O–H groups in total. The number of rotatable bonds is 5. The lowest BCUT2D eigenvalue weighted by molar-refractivity contribution is 0.268. The van der Waals surface area contributed by atoms with E-state index < -0.39 is 0 Å². The molecule has 0 saturated heterocycles. The molecule has 0 bridgehead atoms. The Morgan fingerprint density at radius 2 is 1.90 bits per heavy atom. The molecular formula is C16H17F2NO. The first-order valence-corrected chi connectivity index (χ1v) is 6.42. The van der Waals surface area contributed by atoms with Gasteiger partial charge in [-0.3, -0.25) is 0 Å². The minimum atomic E-state index is -0.297. The maximum Gasteiger partial charge on any atom is 0.128 e. The highest BCUT2D eigenvalue weighted by molar-refractivity contribution is 5.32. The Kier molecular flexibility index (Phi) is 4.69. The molecule has 0 aliphatic rings. The van der Waals surface area contributed by atoms with Gasteiger partial charge >= 0.3 is 0 Å². The third-order valence-corrected chi connectivity index (χ3v) is 3.17. The molecule has 2 aromatic rings.